The standard InChI is InChI=1S/C6H7BrF3N3S/c1-13(3-2-7)5-12-11-4(14-5)6(8,9)10/h2-3H2,1H3. The molecule has 0 saturated heterocycles. The molecule has 14 heavy (non-hydrogen) atoms. The summed E-state index contributed by atoms with van der Waals surface area (Å²) in [5.74, 6) is 0. The first-order valence-corrected chi connectivity index (χ1v) is 5.56. The second kappa shape index (κ2) is 4.43. The van der Waals surface area contributed by atoms with Crippen molar-refractivity contribution >= 4 is 32.4 Å². The van der Waals surface area contributed by atoms with Gasteiger partial charge in [-0.1, -0.05) is 27.3 Å². The largest absolute Gasteiger partial charge is 0.445 e. The van der Waals surface area contributed by atoms with Crippen molar-refractivity contribution in [3.05, 3.63) is 5.01 Å². The second-order valence-corrected chi connectivity index (χ2v) is 4.25. The number of aromatic nitrogens is 2. The molecule has 8 heteroatoms. The van der Waals surface area contributed by atoms with Gasteiger partial charge in [0.2, 0.25) is 10.1 Å². The molecule has 0 radical (unpaired) electrons. The Bertz CT molecular complexity index is 301. The van der Waals surface area contributed by atoms with Crippen molar-refractivity contribution in [1.82, 2.24) is 10.2 Å². The molecular weight excluding hydrogens is 283 g/mol. The van der Waals surface area contributed by atoms with Gasteiger partial charge in [0.1, 0.15) is 0 Å². The fourth-order valence-electron chi connectivity index (χ4n) is 0.707. The van der Waals surface area contributed by atoms with E-state index in [-0.39, 0.29) is 5.13 Å². The maximum absolute atomic E-state index is 12.1. The summed E-state index contributed by atoms with van der Waals surface area (Å²) in [7, 11) is 1.67. The Morgan fingerprint density at radius 3 is 2.50 bits per heavy atom. The van der Waals surface area contributed by atoms with Gasteiger partial charge in [-0.25, -0.2) is 0 Å². The van der Waals surface area contributed by atoms with Crippen LogP contribution in [0.25, 0.3) is 0 Å². The minimum atomic E-state index is -4.40. The zero-order valence-corrected chi connectivity index (χ0v) is 9.58. The number of alkyl halides is 4. The molecule has 0 atom stereocenters. The lowest BCUT2D eigenvalue weighted by Crippen LogP contribution is -2.18. The summed E-state index contributed by atoms with van der Waals surface area (Å²) in [5.41, 5.74) is 0. The number of nitrogens with zero attached hydrogens (tertiary/aromatic N) is 3. The Morgan fingerprint density at radius 1 is 1.43 bits per heavy atom. The predicted molar refractivity (Wildman–Crippen MR) is 52.0 cm³/mol. The van der Waals surface area contributed by atoms with E-state index in [2.05, 4.69) is 26.1 Å². The van der Waals surface area contributed by atoms with Crippen LogP contribution in [0.2, 0.25) is 0 Å². The van der Waals surface area contributed by atoms with E-state index in [9.17, 15) is 13.2 Å². The van der Waals surface area contributed by atoms with Gasteiger partial charge in [0, 0.05) is 18.9 Å². The van der Waals surface area contributed by atoms with Crippen LogP contribution in [0.4, 0.5) is 18.3 Å². The summed E-state index contributed by atoms with van der Waals surface area (Å²) in [4.78, 5) is 1.61. The molecule has 0 amide bonds. The van der Waals surface area contributed by atoms with Crippen LogP contribution in [0, 0.1) is 0 Å². The summed E-state index contributed by atoms with van der Waals surface area (Å²) in [6.07, 6.45) is -4.40. The zero-order chi connectivity index (χ0) is 10.8. The molecule has 1 rings (SSSR count). The molecule has 0 aromatic carbocycles. The third kappa shape index (κ3) is 2.81. The summed E-state index contributed by atoms with van der Waals surface area (Å²) < 4.78 is 36.4. The summed E-state index contributed by atoms with van der Waals surface area (Å²) in [6.45, 7) is 0.590. The van der Waals surface area contributed by atoms with E-state index >= 15 is 0 Å². The van der Waals surface area contributed by atoms with E-state index in [1.54, 1.807) is 11.9 Å². The topological polar surface area (TPSA) is 29.0 Å². The summed E-state index contributed by atoms with van der Waals surface area (Å²) in [5, 5.41) is 6.57. The SMILES string of the molecule is CN(CCBr)c1nnc(C(F)(F)F)s1. The van der Waals surface area contributed by atoms with Gasteiger partial charge in [-0.3, -0.25) is 0 Å². The van der Waals surface area contributed by atoms with Crippen molar-refractivity contribution in [2.75, 3.05) is 23.8 Å². The minimum absolute atomic E-state index is 0.275. The number of hydrogen-bond donors (Lipinski definition) is 0. The second-order valence-electron chi connectivity index (χ2n) is 2.50. The average Bonchev–Trinajstić information content (AvgIpc) is 2.51. The lowest BCUT2D eigenvalue weighted by Gasteiger charge is -2.11. The first kappa shape index (κ1) is 11.7. The van der Waals surface area contributed by atoms with Gasteiger partial charge in [0.15, 0.2) is 0 Å². The van der Waals surface area contributed by atoms with Crippen LogP contribution < -0.4 is 4.90 Å². The number of rotatable bonds is 3. The number of anilines is 1. The van der Waals surface area contributed by atoms with E-state index in [1.807, 2.05) is 0 Å². The van der Waals surface area contributed by atoms with Gasteiger partial charge in [-0.05, 0) is 0 Å². The highest BCUT2D eigenvalue weighted by molar-refractivity contribution is 9.09. The Balaban J connectivity index is 2.78. The van der Waals surface area contributed by atoms with E-state index in [0.29, 0.717) is 23.2 Å². The fraction of sp³-hybridized carbons (Fsp3) is 0.667. The summed E-state index contributed by atoms with van der Waals surface area (Å²) >= 11 is 3.73. The van der Waals surface area contributed by atoms with E-state index in [4.69, 9.17) is 0 Å². The molecule has 0 spiro atoms. The Labute approximate surface area is 91.1 Å². The first-order valence-electron chi connectivity index (χ1n) is 3.63. The van der Waals surface area contributed by atoms with Crippen LogP contribution in [0.5, 0.6) is 0 Å². The molecule has 0 aliphatic rings. The Morgan fingerprint density at radius 2 is 2.07 bits per heavy atom. The predicted octanol–water partition coefficient (Wildman–Crippen LogP) is 2.39. The Hall–Kier alpha value is -0.370. The molecule has 0 aliphatic carbocycles. The molecular formula is C6H7BrF3N3S. The molecule has 0 aliphatic heterocycles. The molecule has 0 unspecified atom stereocenters. The smallest absolute Gasteiger partial charge is 0.349 e. The van der Waals surface area contributed by atoms with Crippen LogP contribution in [0.1, 0.15) is 5.01 Å². The van der Waals surface area contributed by atoms with Crippen molar-refractivity contribution < 1.29 is 13.2 Å². The quantitative estimate of drug-likeness (QED) is 0.800. The van der Waals surface area contributed by atoms with E-state index < -0.39 is 11.2 Å². The monoisotopic (exact) mass is 289 g/mol. The lowest BCUT2D eigenvalue weighted by atomic mass is 10.7. The minimum Gasteiger partial charge on any atom is -0.349 e. The molecule has 3 nitrogen and oxygen atoms in total. The van der Waals surface area contributed by atoms with Crippen molar-refractivity contribution in [2.45, 2.75) is 6.18 Å². The van der Waals surface area contributed by atoms with Crippen LogP contribution >= 0.6 is 27.3 Å². The molecule has 1 heterocycles. The van der Waals surface area contributed by atoms with Gasteiger partial charge in [0.25, 0.3) is 0 Å². The molecule has 0 fully saturated rings. The van der Waals surface area contributed by atoms with Crippen LogP contribution in [-0.2, 0) is 6.18 Å². The third-order valence-corrected chi connectivity index (χ3v) is 2.84. The number of hydrogen-bond acceptors (Lipinski definition) is 4. The van der Waals surface area contributed by atoms with E-state index in [0.717, 1.165) is 0 Å². The maximum Gasteiger partial charge on any atom is 0.445 e. The third-order valence-electron chi connectivity index (χ3n) is 1.40. The van der Waals surface area contributed by atoms with E-state index in [1.165, 1.54) is 0 Å². The van der Waals surface area contributed by atoms with Gasteiger partial charge >= 0.3 is 6.18 Å². The zero-order valence-electron chi connectivity index (χ0n) is 7.18. The highest BCUT2D eigenvalue weighted by Gasteiger charge is 2.35. The highest BCUT2D eigenvalue weighted by Crippen LogP contribution is 2.33. The molecule has 80 valence electrons. The first-order chi connectivity index (χ1) is 6.45. The van der Waals surface area contributed by atoms with Gasteiger partial charge in [-0.2, -0.15) is 13.2 Å². The fourth-order valence-corrected chi connectivity index (χ4v) is 1.94. The lowest BCUT2D eigenvalue weighted by molar-refractivity contribution is -0.138. The number of halogens is 4. The maximum atomic E-state index is 12.1. The molecule has 0 bridgehead atoms. The van der Waals surface area contributed by atoms with Crippen molar-refractivity contribution in [1.29, 1.82) is 0 Å². The average molecular weight is 290 g/mol. The van der Waals surface area contributed by atoms with Crippen LogP contribution in [-0.4, -0.2) is 29.1 Å². The molecule has 0 saturated carbocycles. The van der Waals surface area contributed by atoms with Gasteiger partial charge in [-0.15, -0.1) is 10.2 Å². The summed E-state index contributed by atoms with van der Waals surface area (Å²) in [6, 6.07) is 0. The van der Waals surface area contributed by atoms with Gasteiger partial charge < -0.3 is 4.90 Å². The van der Waals surface area contributed by atoms with Crippen molar-refractivity contribution in [2.24, 2.45) is 0 Å². The van der Waals surface area contributed by atoms with Gasteiger partial charge in [0.05, 0.1) is 0 Å². The molecule has 1 aromatic heterocycles. The highest BCUT2D eigenvalue weighted by atomic mass is 79.9. The normalized spacial score (nSPS) is 11.8. The van der Waals surface area contributed by atoms with Crippen molar-refractivity contribution in [3.8, 4) is 0 Å². The van der Waals surface area contributed by atoms with Crippen LogP contribution in [0.3, 0.4) is 0 Å². The van der Waals surface area contributed by atoms with Crippen LogP contribution in [0.15, 0.2) is 0 Å². The molecule has 1 aromatic rings. The van der Waals surface area contributed by atoms with Crippen molar-refractivity contribution in [3.63, 3.8) is 0 Å². The molecule has 0 N–H and O–H groups in total. The Kier molecular flexibility index (Phi) is 3.71.